The van der Waals surface area contributed by atoms with Gasteiger partial charge in [-0.25, -0.2) is 0 Å². The van der Waals surface area contributed by atoms with Gasteiger partial charge in [-0.1, -0.05) is 18.2 Å². The average Bonchev–Trinajstić information content (AvgIpc) is 3.19. The number of aryl methyl sites for hydroxylation is 1. The van der Waals surface area contributed by atoms with Crippen LogP contribution in [0.15, 0.2) is 58.7 Å². The van der Waals surface area contributed by atoms with Crippen LogP contribution in [-0.4, -0.2) is 11.4 Å². The zero-order valence-corrected chi connectivity index (χ0v) is 14.9. The number of benzene rings is 2. The smallest absolute Gasteiger partial charge is 0.258 e. The Kier molecular flexibility index (Phi) is 3.36. The minimum absolute atomic E-state index is 0.00364. The van der Waals surface area contributed by atoms with E-state index in [1.165, 1.54) is 0 Å². The Morgan fingerprint density at radius 1 is 1.18 bits per heavy atom. The van der Waals surface area contributed by atoms with Crippen molar-refractivity contribution >= 4 is 10.9 Å². The zero-order chi connectivity index (χ0) is 19.4. The summed E-state index contributed by atoms with van der Waals surface area (Å²) < 4.78 is 18.2. The number of hydrogen-bond donors (Lipinski definition) is 1. The van der Waals surface area contributed by atoms with Gasteiger partial charge < -0.3 is 24.5 Å². The number of aromatic nitrogens is 1. The van der Waals surface area contributed by atoms with E-state index >= 15 is 0 Å². The number of para-hydroxylation sites is 1. The first-order chi connectivity index (χ1) is 13.6. The Hall–Kier alpha value is -3.92. The van der Waals surface area contributed by atoms with Gasteiger partial charge in [0.05, 0.1) is 17.0 Å². The molecule has 138 valence electrons. The quantitative estimate of drug-likeness (QED) is 0.703. The Labute approximate surface area is 159 Å². The van der Waals surface area contributed by atoms with Gasteiger partial charge in [0.15, 0.2) is 11.5 Å². The summed E-state index contributed by atoms with van der Waals surface area (Å²) in [6.45, 7) is 0.138. The molecule has 2 aliphatic heterocycles. The standard InChI is InChI=1S/C21H15N3O4/c1-24-14-5-3-2-4-12(14)19-18(21(24)25)17(13(9-22)20(23)28-19)11-6-7-15-16(8-11)27-10-26-15/h2-8,17H,10,23H2,1H3/t17-/m0/s1. The highest BCUT2D eigenvalue weighted by atomic mass is 16.7. The topological polar surface area (TPSA) is 99.5 Å². The summed E-state index contributed by atoms with van der Waals surface area (Å²) in [6, 6.07) is 14.9. The maximum absolute atomic E-state index is 13.3. The number of fused-ring (bicyclic) bond motifs is 4. The Balaban J connectivity index is 1.85. The fourth-order valence-corrected chi connectivity index (χ4v) is 3.85. The van der Waals surface area contributed by atoms with Gasteiger partial charge in [-0.2, -0.15) is 5.26 Å². The zero-order valence-electron chi connectivity index (χ0n) is 14.9. The molecule has 7 heteroatoms. The lowest BCUT2D eigenvalue weighted by atomic mass is 9.83. The van der Waals surface area contributed by atoms with Crippen LogP contribution >= 0.6 is 0 Å². The molecule has 3 heterocycles. The van der Waals surface area contributed by atoms with Crippen molar-refractivity contribution in [3.05, 3.63) is 75.4 Å². The first-order valence-electron chi connectivity index (χ1n) is 8.69. The van der Waals surface area contributed by atoms with Gasteiger partial charge >= 0.3 is 0 Å². The van der Waals surface area contributed by atoms with Crippen molar-refractivity contribution in [3.8, 4) is 23.3 Å². The molecule has 2 aromatic carbocycles. The third-order valence-corrected chi connectivity index (χ3v) is 5.19. The molecule has 0 fully saturated rings. The van der Waals surface area contributed by atoms with E-state index in [4.69, 9.17) is 19.9 Å². The molecule has 0 aliphatic carbocycles. The fourth-order valence-electron chi connectivity index (χ4n) is 3.85. The third-order valence-electron chi connectivity index (χ3n) is 5.19. The Morgan fingerprint density at radius 2 is 1.96 bits per heavy atom. The van der Waals surface area contributed by atoms with E-state index in [0.717, 1.165) is 10.9 Å². The van der Waals surface area contributed by atoms with Gasteiger partial charge in [0.2, 0.25) is 12.7 Å². The predicted molar refractivity (Wildman–Crippen MR) is 101 cm³/mol. The van der Waals surface area contributed by atoms with E-state index in [1.807, 2.05) is 30.3 Å². The van der Waals surface area contributed by atoms with Gasteiger partial charge in [-0.05, 0) is 29.8 Å². The van der Waals surface area contributed by atoms with E-state index in [0.29, 0.717) is 28.4 Å². The van der Waals surface area contributed by atoms with E-state index in [-0.39, 0.29) is 23.8 Å². The van der Waals surface area contributed by atoms with Crippen molar-refractivity contribution in [1.82, 2.24) is 4.57 Å². The van der Waals surface area contributed by atoms with Crippen molar-refractivity contribution in [3.63, 3.8) is 0 Å². The van der Waals surface area contributed by atoms with E-state index in [1.54, 1.807) is 23.7 Å². The number of nitriles is 1. The van der Waals surface area contributed by atoms with E-state index < -0.39 is 5.92 Å². The number of nitrogens with two attached hydrogens (primary N) is 1. The second kappa shape index (κ2) is 5.79. The van der Waals surface area contributed by atoms with Crippen LogP contribution in [-0.2, 0) is 7.05 Å². The number of pyridine rings is 1. The molecule has 0 radical (unpaired) electrons. The molecule has 0 amide bonds. The average molecular weight is 373 g/mol. The van der Waals surface area contributed by atoms with Gasteiger partial charge in [-0.15, -0.1) is 0 Å². The molecule has 2 N–H and O–H groups in total. The molecular weight excluding hydrogens is 358 g/mol. The number of ether oxygens (including phenoxy) is 3. The second-order valence-electron chi connectivity index (χ2n) is 6.66. The van der Waals surface area contributed by atoms with Gasteiger partial charge in [0.1, 0.15) is 17.4 Å². The highest BCUT2D eigenvalue weighted by Gasteiger charge is 2.35. The summed E-state index contributed by atoms with van der Waals surface area (Å²) in [5, 5.41) is 10.5. The molecule has 3 aromatic rings. The molecule has 0 unspecified atom stereocenters. The number of nitrogens with zero attached hydrogens (tertiary/aromatic N) is 2. The van der Waals surface area contributed by atoms with E-state index in [2.05, 4.69) is 6.07 Å². The minimum atomic E-state index is -0.661. The number of allylic oxidation sites excluding steroid dienone is 1. The molecule has 2 aliphatic rings. The third kappa shape index (κ3) is 2.12. The van der Waals surface area contributed by atoms with Crippen LogP contribution in [0.2, 0.25) is 0 Å². The Bertz CT molecular complexity index is 1280. The molecule has 0 saturated heterocycles. The number of hydrogen-bond acceptors (Lipinski definition) is 6. The molecule has 0 bridgehead atoms. The second-order valence-corrected chi connectivity index (χ2v) is 6.66. The van der Waals surface area contributed by atoms with Crippen molar-refractivity contribution < 1.29 is 14.2 Å². The molecular formula is C21H15N3O4. The van der Waals surface area contributed by atoms with Crippen LogP contribution in [0.4, 0.5) is 0 Å². The van der Waals surface area contributed by atoms with Gasteiger partial charge in [-0.3, -0.25) is 4.79 Å². The van der Waals surface area contributed by atoms with Crippen LogP contribution in [0, 0.1) is 11.3 Å². The SMILES string of the molecule is Cn1c(=O)c2c(c3ccccc31)OC(N)=C(C#N)[C@@H]2c1ccc2c(c1)OCO2. The van der Waals surface area contributed by atoms with Gasteiger partial charge in [0, 0.05) is 12.4 Å². The van der Waals surface area contributed by atoms with Crippen LogP contribution < -0.4 is 25.5 Å². The molecule has 1 aromatic heterocycles. The van der Waals surface area contributed by atoms with Crippen LogP contribution in [0.3, 0.4) is 0 Å². The van der Waals surface area contributed by atoms with Crippen molar-refractivity contribution in [2.75, 3.05) is 6.79 Å². The maximum atomic E-state index is 13.3. The monoisotopic (exact) mass is 373 g/mol. The largest absolute Gasteiger partial charge is 0.454 e. The summed E-state index contributed by atoms with van der Waals surface area (Å²) >= 11 is 0. The lowest BCUT2D eigenvalue weighted by molar-refractivity contribution is 0.174. The maximum Gasteiger partial charge on any atom is 0.258 e. The highest BCUT2D eigenvalue weighted by Crippen LogP contribution is 2.45. The van der Waals surface area contributed by atoms with Crippen LogP contribution in [0.25, 0.3) is 10.9 Å². The first-order valence-corrected chi connectivity index (χ1v) is 8.69. The number of rotatable bonds is 1. The molecule has 28 heavy (non-hydrogen) atoms. The highest BCUT2D eigenvalue weighted by molar-refractivity contribution is 5.88. The lowest BCUT2D eigenvalue weighted by Gasteiger charge is -2.27. The van der Waals surface area contributed by atoms with Crippen molar-refractivity contribution in [2.24, 2.45) is 12.8 Å². The fraction of sp³-hybridized carbons (Fsp3) is 0.143. The summed E-state index contributed by atoms with van der Waals surface area (Å²) in [5.41, 5.74) is 7.86. The first kappa shape index (κ1) is 16.3. The van der Waals surface area contributed by atoms with E-state index in [9.17, 15) is 10.1 Å². The normalized spacial score (nSPS) is 17.2. The lowest BCUT2D eigenvalue weighted by Crippen LogP contribution is -2.31. The molecule has 0 saturated carbocycles. The predicted octanol–water partition coefficient (Wildman–Crippen LogP) is 2.49. The summed E-state index contributed by atoms with van der Waals surface area (Å²) in [4.78, 5) is 13.3. The van der Waals surface area contributed by atoms with Gasteiger partial charge in [0.25, 0.3) is 5.56 Å². The minimum Gasteiger partial charge on any atom is -0.454 e. The molecule has 5 rings (SSSR count). The summed E-state index contributed by atoms with van der Waals surface area (Å²) in [6.07, 6.45) is 0. The molecule has 1 atom stereocenters. The summed E-state index contributed by atoms with van der Waals surface area (Å²) in [7, 11) is 1.70. The summed E-state index contributed by atoms with van der Waals surface area (Å²) in [5.74, 6) is 0.914. The Morgan fingerprint density at radius 3 is 2.79 bits per heavy atom. The van der Waals surface area contributed by atoms with Crippen LogP contribution in [0.1, 0.15) is 17.0 Å². The molecule has 0 spiro atoms. The van der Waals surface area contributed by atoms with Crippen molar-refractivity contribution in [2.45, 2.75) is 5.92 Å². The van der Waals surface area contributed by atoms with Crippen molar-refractivity contribution in [1.29, 1.82) is 5.26 Å². The molecule has 7 nitrogen and oxygen atoms in total. The van der Waals surface area contributed by atoms with Crippen LogP contribution in [0.5, 0.6) is 17.2 Å².